The first kappa shape index (κ1) is 16.8. The van der Waals surface area contributed by atoms with E-state index in [-0.39, 0.29) is 30.7 Å². The van der Waals surface area contributed by atoms with Crippen molar-refractivity contribution in [3.05, 3.63) is 29.8 Å². The van der Waals surface area contributed by atoms with Crippen LogP contribution in [0.25, 0.3) is 0 Å². The average molecular weight is 310 g/mol. The zero-order valence-electron chi connectivity index (χ0n) is 13.3. The fraction of sp³-hybridized carbons (Fsp3) is 0.625. The smallest absolute Gasteiger partial charge is 0.399 e. The van der Waals surface area contributed by atoms with E-state index in [2.05, 4.69) is 57.3 Å². The van der Waals surface area contributed by atoms with Crippen molar-refractivity contribution < 1.29 is 9.31 Å². The molecule has 0 bridgehead atoms. The first-order valence-electron chi connectivity index (χ1n) is 7.55. The second-order valence-electron chi connectivity index (χ2n) is 6.99. The number of nitrogens with one attached hydrogen (secondary N) is 1. The summed E-state index contributed by atoms with van der Waals surface area (Å²) in [6.07, 6.45) is 2.65. The van der Waals surface area contributed by atoms with Gasteiger partial charge in [-0.15, -0.1) is 12.4 Å². The van der Waals surface area contributed by atoms with Crippen LogP contribution in [0.5, 0.6) is 0 Å². The van der Waals surface area contributed by atoms with Gasteiger partial charge in [-0.05, 0) is 51.6 Å². The second-order valence-corrected chi connectivity index (χ2v) is 6.99. The quantitative estimate of drug-likeness (QED) is 0.868. The molecule has 116 valence electrons. The molecule has 21 heavy (non-hydrogen) atoms. The molecule has 0 radical (unpaired) electrons. The lowest BCUT2D eigenvalue weighted by atomic mass is 9.79. The number of benzene rings is 1. The first-order valence-corrected chi connectivity index (χ1v) is 7.55. The predicted molar refractivity (Wildman–Crippen MR) is 89.3 cm³/mol. The molecule has 0 spiro atoms. The summed E-state index contributed by atoms with van der Waals surface area (Å²) >= 11 is 0. The molecule has 1 aliphatic heterocycles. The number of hydrogen-bond donors (Lipinski definition) is 1. The van der Waals surface area contributed by atoms with E-state index in [1.807, 2.05) is 0 Å². The third-order valence-corrected chi connectivity index (χ3v) is 4.68. The van der Waals surface area contributed by atoms with Crippen molar-refractivity contribution in [3.8, 4) is 0 Å². The molecule has 0 atom stereocenters. The molecule has 1 aliphatic carbocycles. The lowest BCUT2D eigenvalue weighted by molar-refractivity contribution is 0.00578. The van der Waals surface area contributed by atoms with Crippen LogP contribution < -0.4 is 10.8 Å². The number of hydrogen-bond acceptors (Lipinski definition) is 3. The molecule has 1 saturated carbocycles. The average Bonchev–Trinajstić information content (AvgIpc) is 3.16. The fourth-order valence-electron chi connectivity index (χ4n) is 2.32. The summed E-state index contributed by atoms with van der Waals surface area (Å²) in [6, 6.07) is 9.31. The Morgan fingerprint density at radius 1 is 1.05 bits per heavy atom. The highest BCUT2D eigenvalue weighted by atomic mass is 35.5. The molecule has 0 amide bonds. The Labute approximate surface area is 134 Å². The minimum atomic E-state index is -0.274. The number of halogens is 1. The van der Waals surface area contributed by atoms with Gasteiger partial charge >= 0.3 is 7.12 Å². The molecule has 3 rings (SSSR count). The van der Waals surface area contributed by atoms with Crippen molar-refractivity contribution >= 4 is 25.0 Å². The molecular weight excluding hydrogens is 284 g/mol. The van der Waals surface area contributed by atoms with E-state index in [0.717, 1.165) is 18.0 Å². The normalized spacial score (nSPS) is 23.0. The maximum Gasteiger partial charge on any atom is 0.494 e. The Hall–Kier alpha value is -0.545. The topological polar surface area (TPSA) is 30.5 Å². The van der Waals surface area contributed by atoms with Crippen LogP contribution in [-0.4, -0.2) is 24.4 Å². The molecule has 1 N–H and O–H groups in total. The van der Waals surface area contributed by atoms with E-state index < -0.39 is 0 Å². The van der Waals surface area contributed by atoms with E-state index in [0.29, 0.717) is 0 Å². The third kappa shape index (κ3) is 3.62. The molecule has 1 saturated heterocycles. The van der Waals surface area contributed by atoms with Crippen molar-refractivity contribution in [2.45, 2.75) is 64.3 Å². The SMILES string of the molecule is CC1(C)OB(c2ccc(CNC3CC3)cc2)OC1(C)C.Cl. The highest BCUT2D eigenvalue weighted by Crippen LogP contribution is 2.36. The van der Waals surface area contributed by atoms with Gasteiger partial charge in [-0.3, -0.25) is 0 Å². The standard InChI is InChI=1S/C16H24BNO2.ClH/c1-15(2)16(3,4)20-17(19-15)13-7-5-12(6-8-13)11-18-14-9-10-14;/h5-8,14,18H,9-11H2,1-4H3;1H. The zero-order valence-corrected chi connectivity index (χ0v) is 14.1. The minimum Gasteiger partial charge on any atom is -0.399 e. The van der Waals surface area contributed by atoms with Crippen LogP contribution in [0.15, 0.2) is 24.3 Å². The van der Waals surface area contributed by atoms with E-state index in [9.17, 15) is 0 Å². The molecule has 1 aromatic rings. The lowest BCUT2D eigenvalue weighted by Gasteiger charge is -2.32. The summed E-state index contributed by atoms with van der Waals surface area (Å²) in [7, 11) is -0.259. The van der Waals surface area contributed by atoms with Crippen molar-refractivity contribution in [2.24, 2.45) is 0 Å². The summed E-state index contributed by atoms with van der Waals surface area (Å²) in [5.41, 5.74) is 1.87. The van der Waals surface area contributed by atoms with E-state index in [4.69, 9.17) is 9.31 Å². The molecule has 3 nitrogen and oxygen atoms in total. The van der Waals surface area contributed by atoms with Gasteiger partial charge in [0.1, 0.15) is 0 Å². The fourth-order valence-corrected chi connectivity index (χ4v) is 2.32. The summed E-state index contributed by atoms with van der Waals surface area (Å²) in [4.78, 5) is 0. The second kappa shape index (κ2) is 5.92. The van der Waals surface area contributed by atoms with Crippen molar-refractivity contribution in [2.75, 3.05) is 0 Å². The van der Waals surface area contributed by atoms with Crippen LogP contribution in [0.4, 0.5) is 0 Å². The molecule has 1 aromatic carbocycles. The maximum atomic E-state index is 6.06. The maximum absolute atomic E-state index is 6.06. The molecule has 5 heteroatoms. The van der Waals surface area contributed by atoms with E-state index in [1.165, 1.54) is 18.4 Å². The minimum absolute atomic E-state index is 0. The zero-order chi connectivity index (χ0) is 14.4. The van der Waals surface area contributed by atoms with Gasteiger partial charge in [0.05, 0.1) is 11.2 Å². The van der Waals surface area contributed by atoms with Crippen molar-refractivity contribution in [1.82, 2.24) is 5.32 Å². The Balaban J connectivity index is 0.00000161. The third-order valence-electron chi connectivity index (χ3n) is 4.68. The largest absolute Gasteiger partial charge is 0.494 e. The van der Waals surface area contributed by atoms with Gasteiger partial charge in [0.25, 0.3) is 0 Å². The summed E-state index contributed by atoms with van der Waals surface area (Å²) in [5.74, 6) is 0. The van der Waals surface area contributed by atoms with Crippen molar-refractivity contribution in [3.63, 3.8) is 0 Å². The Morgan fingerprint density at radius 2 is 1.57 bits per heavy atom. The van der Waals surface area contributed by atoms with Crippen LogP contribution in [0, 0.1) is 0 Å². The molecule has 0 aromatic heterocycles. The molecule has 2 aliphatic rings. The predicted octanol–water partition coefficient (Wildman–Crippen LogP) is 2.66. The molecule has 2 fully saturated rings. The monoisotopic (exact) mass is 309 g/mol. The lowest BCUT2D eigenvalue weighted by Crippen LogP contribution is -2.41. The summed E-state index contributed by atoms with van der Waals surface area (Å²) in [6.45, 7) is 9.29. The van der Waals surface area contributed by atoms with Gasteiger partial charge < -0.3 is 14.6 Å². The van der Waals surface area contributed by atoms with Crippen LogP contribution in [0.1, 0.15) is 46.1 Å². The van der Waals surface area contributed by atoms with E-state index in [1.54, 1.807) is 0 Å². The van der Waals surface area contributed by atoms with Gasteiger partial charge in [0.15, 0.2) is 0 Å². The van der Waals surface area contributed by atoms with Crippen LogP contribution in [0.3, 0.4) is 0 Å². The van der Waals surface area contributed by atoms with Crippen LogP contribution in [-0.2, 0) is 15.9 Å². The van der Waals surface area contributed by atoms with Gasteiger partial charge in [0, 0.05) is 12.6 Å². The van der Waals surface area contributed by atoms with Crippen LogP contribution >= 0.6 is 12.4 Å². The van der Waals surface area contributed by atoms with Crippen LogP contribution in [0.2, 0.25) is 0 Å². The van der Waals surface area contributed by atoms with E-state index >= 15 is 0 Å². The Morgan fingerprint density at radius 3 is 2.05 bits per heavy atom. The van der Waals surface area contributed by atoms with Gasteiger partial charge in [-0.2, -0.15) is 0 Å². The van der Waals surface area contributed by atoms with Gasteiger partial charge in [-0.25, -0.2) is 0 Å². The summed E-state index contributed by atoms with van der Waals surface area (Å²) < 4.78 is 12.1. The highest BCUT2D eigenvalue weighted by molar-refractivity contribution is 6.62. The van der Waals surface area contributed by atoms with Crippen molar-refractivity contribution in [1.29, 1.82) is 0 Å². The van der Waals surface area contributed by atoms with Gasteiger partial charge in [-0.1, -0.05) is 24.3 Å². The highest BCUT2D eigenvalue weighted by Gasteiger charge is 2.51. The Kier molecular flexibility index (Phi) is 4.74. The first-order chi connectivity index (χ1) is 9.37. The van der Waals surface area contributed by atoms with Gasteiger partial charge in [0.2, 0.25) is 0 Å². The number of rotatable bonds is 4. The molecule has 0 unspecified atom stereocenters. The summed E-state index contributed by atoms with van der Waals surface area (Å²) in [5, 5.41) is 3.53. The molecule has 1 heterocycles. The Bertz CT molecular complexity index is 470. The molecular formula is C16H25BClNO2.